The van der Waals surface area contributed by atoms with E-state index in [1.807, 2.05) is 0 Å². The van der Waals surface area contributed by atoms with Crippen molar-refractivity contribution in [3.8, 4) is 40.1 Å². The highest BCUT2D eigenvalue weighted by atomic mass is 16.8. The molecule has 1 aromatic heterocycles. The summed E-state index contributed by atoms with van der Waals surface area (Å²) in [6.07, 6.45) is -25.8. The van der Waals surface area contributed by atoms with Crippen LogP contribution in [0.1, 0.15) is 6.92 Å². The standard InChI is InChI=1S/C33H40O21/c1-9-19(39)25(45)30(54-32-27(47)24(44)21(41)17(8-35)52-32)33(48-9)53-29-22(42)18-14(38)5-11(49-31-26(46)23(43)20(40)16(7-34)51-31)6-15(18)50-28(29)10-2-3-12(36)13(37)4-10/h2-6,9,16-17,19-21,23-27,30-41,43-47H,7-8H2,1H3/t9-,16-,17+,19-,20+,21+,23-,24-,25+,26-,27+,30-,31+,32-,33-/m0/s1. The minimum absolute atomic E-state index is 0.116. The molecule has 0 spiro atoms. The van der Waals surface area contributed by atoms with E-state index in [0.29, 0.717) is 0 Å². The molecule has 0 unspecified atom stereocenters. The van der Waals surface area contributed by atoms with Gasteiger partial charge in [0.25, 0.3) is 0 Å². The lowest BCUT2D eigenvalue weighted by Crippen LogP contribution is -2.64. The Hall–Kier alpha value is -3.91. The van der Waals surface area contributed by atoms with Gasteiger partial charge in [-0.25, -0.2) is 0 Å². The largest absolute Gasteiger partial charge is 0.507 e. The molecule has 3 saturated heterocycles. The van der Waals surface area contributed by atoms with E-state index in [1.54, 1.807) is 0 Å². The summed E-state index contributed by atoms with van der Waals surface area (Å²) < 4.78 is 39.7. The fourth-order valence-corrected chi connectivity index (χ4v) is 6.28. The van der Waals surface area contributed by atoms with E-state index in [-0.39, 0.29) is 11.3 Å². The third-order valence-electron chi connectivity index (χ3n) is 9.40. The monoisotopic (exact) mass is 772 g/mol. The van der Waals surface area contributed by atoms with Crippen LogP contribution in [-0.2, 0) is 18.9 Å². The van der Waals surface area contributed by atoms with Crippen LogP contribution < -0.4 is 14.9 Å². The predicted molar refractivity (Wildman–Crippen MR) is 173 cm³/mol. The van der Waals surface area contributed by atoms with Gasteiger partial charge in [0.2, 0.25) is 23.8 Å². The Kier molecular flexibility index (Phi) is 11.5. The minimum Gasteiger partial charge on any atom is -0.507 e. The van der Waals surface area contributed by atoms with Gasteiger partial charge < -0.3 is 99.2 Å². The SMILES string of the molecule is C[C@@H]1O[C@@H](Oc2c(-c3ccc(O)c(O)c3)oc3cc(O[C@@H]4O[C@@H](CO)[C@@H](O)[C@H](O)[C@@H]4O)cc(O)c3c2=O)[C@@H](O[C@@H]2O[C@H](CO)[C@@H](O)[C@H](O)[C@H]2O)[C@H](O)[C@H]1O. The molecule has 0 amide bonds. The average Bonchev–Trinajstić information content (AvgIpc) is 3.14. The normalized spacial score (nSPS) is 37.3. The predicted octanol–water partition coefficient (Wildman–Crippen LogP) is -4.21. The summed E-state index contributed by atoms with van der Waals surface area (Å²) in [7, 11) is 0. The maximum absolute atomic E-state index is 14.2. The molecule has 0 aliphatic carbocycles. The second kappa shape index (κ2) is 15.7. The molecule has 3 aliphatic heterocycles. The van der Waals surface area contributed by atoms with Gasteiger partial charge in [-0.05, 0) is 25.1 Å². The highest BCUT2D eigenvalue weighted by Gasteiger charge is 2.51. The van der Waals surface area contributed by atoms with Crippen molar-refractivity contribution < 1.29 is 99.2 Å². The Morgan fingerprint density at radius 2 is 1.24 bits per heavy atom. The van der Waals surface area contributed by atoms with Crippen LogP contribution in [0.4, 0.5) is 0 Å². The molecule has 0 bridgehead atoms. The number of rotatable bonds is 9. The molecule has 13 N–H and O–H groups in total. The van der Waals surface area contributed by atoms with E-state index in [2.05, 4.69) is 0 Å². The minimum atomic E-state index is -1.97. The third-order valence-corrected chi connectivity index (χ3v) is 9.40. The summed E-state index contributed by atoms with van der Waals surface area (Å²) in [5.41, 5.74) is -1.63. The average molecular weight is 773 g/mol. The van der Waals surface area contributed by atoms with Gasteiger partial charge in [-0.15, -0.1) is 0 Å². The van der Waals surface area contributed by atoms with Crippen molar-refractivity contribution in [1.82, 2.24) is 0 Å². The molecule has 2 aromatic carbocycles. The fraction of sp³-hybridized carbons (Fsp3) is 0.545. The first kappa shape index (κ1) is 39.8. The highest BCUT2D eigenvalue weighted by molar-refractivity contribution is 5.88. The molecule has 6 rings (SSSR count). The van der Waals surface area contributed by atoms with E-state index < -0.39 is 150 Å². The second-order valence-corrected chi connectivity index (χ2v) is 13.0. The number of fused-ring (bicyclic) bond motifs is 1. The van der Waals surface area contributed by atoms with Crippen LogP contribution in [0, 0.1) is 0 Å². The molecular formula is C33H40O21. The van der Waals surface area contributed by atoms with Gasteiger partial charge in [-0.1, -0.05) is 0 Å². The molecular weight excluding hydrogens is 732 g/mol. The van der Waals surface area contributed by atoms with Gasteiger partial charge in [0.15, 0.2) is 29.7 Å². The molecule has 3 aliphatic rings. The molecule has 21 heteroatoms. The maximum Gasteiger partial charge on any atom is 0.239 e. The summed E-state index contributed by atoms with van der Waals surface area (Å²) in [6, 6.07) is 5.19. The summed E-state index contributed by atoms with van der Waals surface area (Å²) in [6.45, 7) is -0.255. The molecule has 15 atom stereocenters. The first-order chi connectivity index (χ1) is 25.6. The van der Waals surface area contributed by atoms with Gasteiger partial charge in [0, 0.05) is 17.7 Å². The number of phenolic OH excluding ortho intramolecular Hbond substituents is 3. The Morgan fingerprint density at radius 3 is 1.85 bits per heavy atom. The van der Waals surface area contributed by atoms with Gasteiger partial charge in [0.1, 0.15) is 83.5 Å². The van der Waals surface area contributed by atoms with Crippen molar-refractivity contribution in [2.24, 2.45) is 0 Å². The molecule has 3 aromatic rings. The van der Waals surface area contributed by atoms with Crippen molar-refractivity contribution in [2.75, 3.05) is 13.2 Å². The van der Waals surface area contributed by atoms with Crippen LogP contribution in [0.25, 0.3) is 22.3 Å². The van der Waals surface area contributed by atoms with E-state index in [9.17, 15) is 71.2 Å². The van der Waals surface area contributed by atoms with Gasteiger partial charge >= 0.3 is 0 Å². The molecule has 0 saturated carbocycles. The Bertz CT molecular complexity index is 1850. The number of aromatic hydroxyl groups is 3. The zero-order valence-electron chi connectivity index (χ0n) is 28.0. The molecule has 4 heterocycles. The number of hydrogen-bond donors (Lipinski definition) is 13. The van der Waals surface area contributed by atoms with Crippen LogP contribution in [-0.4, -0.2) is 172 Å². The number of benzene rings is 2. The quantitative estimate of drug-likeness (QED) is 0.0917. The second-order valence-electron chi connectivity index (χ2n) is 13.0. The summed E-state index contributed by atoms with van der Waals surface area (Å²) in [5.74, 6) is -3.59. The number of phenols is 3. The lowest BCUT2D eigenvalue weighted by Gasteiger charge is -2.45. The number of aliphatic hydroxyl groups excluding tert-OH is 10. The zero-order valence-corrected chi connectivity index (χ0v) is 28.0. The van der Waals surface area contributed by atoms with Gasteiger partial charge in [0.05, 0.1) is 19.3 Å². The molecule has 3 fully saturated rings. The van der Waals surface area contributed by atoms with Crippen molar-refractivity contribution >= 4 is 11.0 Å². The summed E-state index contributed by atoms with van der Waals surface area (Å²) in [5, 5.41) is 133. The lowest BCUT2D eigenvalue weighted by atomic mass is 9.97. The highest BCUT2D eigenvalue weighted by Crippen LogP contribution is 2.41. The summed E-state index contributed by atoms with van der Waals surface area (Å²) >= 11 is 0. The van der Waals surface area contributed by atoms with E-state index in [4.69, 9.17) is 32.8 Å². The smallest absolute Gasteiger partial charge is 0.239 e. The van der Waals surface area contributed by atoms with Crippen molar-refractivity contribution in [2.45, 2.75) is 99.0 Å². The third kappa shape index (κ3) is 7.27. The molecule has 21 nitrogen and oxygen atoms in total. The van der Waals surface area contributed by atoms with Crippen LogP contribution in [0.3, 0.4) is 0 Å². The van der Waals surface area contributed by atoms with Crippen molar-refractivity contribution in [3.63, 3.8) is 0 Å². The van der Waals surface area contributed by atoms with E-state index in [0.717, 1.165) is 24.3 Å². The van der Waals surface area contributed by atoms with Crippen LogP contribution in [0.15, 0.2) is 39.5 Å². The Labute approximate surface area is 303 Å². The number of aliphatic hydroxyl groups is 10. The zero-order chi connectivity index (χ0) is 39.3. The number of ether oxygens (including phenoxy) is 6. The van der Waals surface area contributed by atoms with Crippen molar-refractivity contribution in [1.29, 1.82) is 0 Å². The maximum atomic E-state index is 14.2. The fourth-order valence-electron chi connectivity index (χ4n) is 6.28. The van der Waals surface area contributed by atoms with E-state index >= 15 is 0 Å². The van der Waals surface area contributed by atoms with Crippen LogP contribution in [0.2, 0.25) is 0 Å². The molecule has 298 valence electrons. The van der Waals surface area contributed by atoms with Crippen LogP contribution in [0.5, 0.6) is 28.7 Å². The molecule has 0 radical (unpaired) electrons. The number of hydrogen-bond acceptors (Lipinski definition) is 21. The Morgan fingerprint density at radius 1 is 0.630 bits per heavy atom. The first-order valence-corrected chi connectivity index (χ1v) is 16.5. The lowest BCUT2D eigenvalue weighted by molar-refractivity contribution is -0.355. The Balaban J connectivity index is 1.42. The van der Waals surface area contributed by atoms with Gasteiger partial charge in [-0.2, -0.15) is 0 Å². The van der Waals surface area contributed by atoms with Gasteiger partial charge in [-0.3, -0.25) is 4.79 Å². The topological polar surface area (TPSA) is 349 Å². The summed E-state index contributed by atoms with van der Waals surface area (Å²) in [4.78, 5) is 14.2. The first-order valence-electron chi connectivity index (χ1n) is 16.5. The van der Waals surface area contributed by atoms with E-state index in [1.165, 1.54) is 13.0 Å². The van der Waals surface area contributed by atoms with Crippen molar-refractivity contribution in [3.05, 3.63) is 40.6 Å². The van der Waals surface area contributed by atoms with Crippen LogP contribution >= 0.6 is 0 Å². The molecule has 54 heavy (non-hydrogen) atoms.